The van der Waals surface area contributed by atoms with Crippen LogP contribution in [0.5, 0.6) is 17.2 Å². The van der Waals surface area contributed by atoms with Crippen molar-refractivity contribution in [2.75, 3.05) is 7.11 Å². The number of hydrogen-bond acceptors (Lipinski definition) is 6. The Labute approximate surface area is 239 Å². The molecule has 2 heterocycles. The summed E-state index contributed by atoms with van der Waals surface area (Å²) in [5.41, 5.74) is 5.32. The number of esters is 1. The molecule has 0 aliphatic carbocycles. The highest BCUT2D eigenvalue weighted by Gasteiger charge is 2.41. The zero-order valence-electron chi connectivity index (χ0n) is 21.2. The molecule has 0 N–H and O–H groups in total. The Kier molecular flexibility index (Phi) is 6.79. The number of methoxy groups -OCH3 is 1. The normalized spacial score (nSPS) is 17.5. The molecule has 2 aliphatic heterocycles. The average molecular weight is 604 g/mol. The summed E-state index contributed by atoms with van der Waals surface area (Å²) < 4.78 is 18.5. The summed E-state index contributed by atoms with van der Waals surface area (Å²) in [4.78, 5) is 12.9. The Morgan fingerprint density at radius 3 is 2.56 bits per heavy atom. The van der Waals surface area contributed by atoms with Gasteiger partial charge in [0.25, 0.3) is 0 Å². The number of fused-ring (bicyclic) bond motifs is 3. The van der Waals surface area contributed by atoms with Crippen molar-refractivity contribution in [2.45, 2.75) is 25.6 Å². The molecule has 0 aromatic heterocycles. The van der Waals surface area contributed by atoms with Crippen molar-refractivity contribution < 1.29 is 19.0 Å². The first-order chi connectivity index (χ1) is 18.9. The van der Waals surface area contributed by atoms with Crippen molar-refractivity contribution in [1.29, 1.82) is 0 Å². The maximum atomic E-state index is 12.9. The van der Waals surface area contributed by atoms with Crippen LogP contribution in [0.25, 0.3) is 0 Å². The zero-order valence-corrected chi connectivity index (χ0v) is 23.6. The molecule has 2 aliphatic rings. The van der Waals surface area contributed by atoms with Gasteiger partial charge in [0, 0.05) is 22.6 Å². The van der Waals surface area contributed by atoms with Crippen molar-refractivity contribution >= 4 is 39.2 Å². The smallest absolute Gasteiger partial charge is 0.343 e. The minimum Gasteiger partial charge on any atom is -0.493 e. The molecule has 6 rings (SSSR count). The van der Waals surface area contributed by atoms with E-state index in [-0.39, 0.29) is 6.04 Å². The van der Waals surface area contributed by atoms with Crippen molar-refractivity contribution in [3.63, 3.8) is 0 Å². The number of nitrogens with zero attached hydrogens (tertiary/aromatic N) is 2. The molecule has 0 radical (unpaired) electrons. The summed E-state index contributed by atoms with van der Waals surface area (Å²) in [7, 11) is 1.54. The van der Waals surface area contributed by atoms with E-state index in [0.717, 1.165) is 33.7 Å². The Morgan fingerprint density at radius 2 is 1.82 bits per heavy atom. The number of carbonyl (C=O) groups excluding carboxylic acids is 1. The average Bonchev–Trinajstić information content (AvgIpc) is 3.40. The number of hydrazone groups is 1. The van der Waals surface area contributed by atoms with E-state index >= 15 is 0 Å². The van der Waals surface area contributed by atoms with Crippen LogP contribution in [0.15, 0.2) is 94.5 Å². The van der Waals surface area contributed by atoms with Gasteiger partial charge >= 0.3 is 5.97 Å². The van der Waals surface area contributed by atoms with E-state index in [9.17, 15) is 4.79 Å². The third-order valence-corrected chi connectivity index (χ3v) is 7.70. The highest BCUT2D eigenvalue weighted by atomic mass is 79.9. The van der Waals surface area contributed by atoms with Gasteiger partial charge in [0.1, 0.15) is 5.75 Å². The molecular weight excluding hydrogens is 580 g/mol. The SMILES string of the molecule is COc1cc([C@H]2Oc3ccc(Cl)cc3[C@H]3CC(c4ccccc4)=NN32)cc(Br)c1OC(=O)c1ccc(C)cc1. The predicted octanol–water partition coefficient (Wildman–Crippen LogP) is 7.88. The van der Waals surface area contributed by atoms with Gasteiger partial charge in [0.15, 0.2) is 11.5 Å². The second-order valence-electron chi connectivity index (χ2n) is 9.45. The summed E-state index contributed by atoms with van der Waals surface area (Å²) in [5, 5.41) is 7.63. The van der Waals surface area contributed by atoms with Crippen LogP contribution >= 0.6 is 27.5 Å². The Hall–Kier alpha value is -3.81. The van der Waals surface area contributed by atoms with Crippen molar-refractivity contribution in [3.05, 3.63) is 122 Å². The summed E-state index contributed by atoms with van der Waals surface area (Å²) in [6.07, 6.45) is 0.166. The minimum absolute atomic E-state index is 0.0588. The fourth-order valence-electron chi connectivity index (χ4n) is 4.91. The molecule has 4 aromatic rings. The second-order valence-corrected chi connectivity index (χ2v) is 10.7. The van der Waals surface area contributed by atoms with Crippen LogP contribution in [0.2, 0.25) is 5.02 Å². The van der Waals surface area contributed by atoms with Gasteiger partial charge in [-0.1, -0.05) is 59.6 Å². The molecule has 6 nitrogen and oxygen atoms in total. The lowest BCUT2D eigenvalue weighted by Gasteiger charge is -2.38. The van der Waals surface area contributed by atoms with E-state index in [1.54, 1.807) is 12.1 Å². The van der Waals surface area contributed by atoms with Crippen molar-refractivity contribution in [3.8, 4) is 17.2 Å². The largest absolute Gasteiger partial charge is 0.493 e. The van der Waals surface area contributed by atoms with Crippen LogP contribution in [0.3, 0.4) is 0 Å². The van der Waals surface area contributed by atoms with Gasteiger partial charge in [0.05, 0.1) is 28.9 Å². The zero-order chi connectivity index (χ0) is 27.1. The number of halogens is 2. The molecule has 2 atom stereocenters. The van der Waals surface area contributed by atoms with E-state index in [2.05, 4.69) is 28.1 Å². The molecule has 0 bridgehead atoms. The van der Waals surface area contributed by atoms with Gasteiger partial charge in [-0.3, -0.25) is 0 Å². The summed E-state index contributed by atoms with van der Waals surface area (Å²) in [5.74, 6) is 0.966. The van der Waals surface area contributed by atoms with Gasteiger partial charge in [-0.05, 0) is 70.9 Å². The Balaban J connectivity index is 1.38. The minimum atomic E-state index is -0.545. The molecule has 0 saturated heterocycles. The van der Waals surface area contributed by atoms with Crippen LogP contribution in [0.1, 0.15) is 51.3 Å². The number of hydrogen-bond donors (Lipinski definition) is 0. The van der Waals surface area contributed by atoms with E-state index in [0.29, 0.717) is 33.0 Å². The highest BCUT2D eigenvalue weighted by Crippen LogP contribution is 2.50. The number of ether oxygens (including phenoxy) is 3. The van der Waals surface area contributed by atoms with Crippen molar-refractivity contribution in [1.82, 2.24) is 5.01 Å². The van der Waals surface area contributed by atoms with Gasteiger partial charge in [0.2, 0.25) is 6.23 Å². The Morgan fingerprint density at radius 1 is 1.05 bits per heavy atom. The van der Waals surface area contributed by atoms with Gasteiger partial charge < -0.3 is 14.2 Å². The first-order valence-electron chi connectivity index (χ1n) is 12.4. The number of aryl methyl sites for hydroxylation is 1. The number of benzene rings is 4. The number of carbonyl (C=O) groups is 1. The van der Waals surface area contributed by atoms with Crippen LogP contribution < -0.4 is 14.2 Å². The summed E-state index contributed by atoms with van der Waals surface area (Å²) >= 11 is 9.97. The molecular formula is C31H24BrClN2O4. The monoisotopic (exact) mass is 602 g/mol. The van der Waals surface area contributed by atoms with Gasteiger partial charge in [-0.2, -0.15) is 5.10 Å². The first-order valence-corrected chi connectivity index (χ1v) is 13.6. The first kappa shape index (κ1) is 25.5. The van der Waals surface area contributed by atoms with Gasteiger partial charge in [-0.15, -0.1) is 0 Å². The summed E-state index contributed by atoms with van der Waals surface area (Å²) in [6, 6.07) is 26.6. The summed E-state index contributed by atoms with van der Waals surface area (Å²) in [6.45, 7) is 1.96. The standard InChI is InChI=1S/C31H24BrClN2O4/c1-18-8-10-20(11-9-18)31(36)39-29-24(32)14-21(15-28(29)37-2)30-35-26(23-16-22(33)12-13-27(23)38-30)17-25(34-35)19-6-4-3-5-7-19/h3-16,26,30H,17H2,1-2H3/t26-,30-/m1/s1. The topological polar surface area (TPSA) is 60.4 Å². The Bertz CT molecular complexity index is 1590. The third-order valence-electron chi connectivity index (χ3n) is 6.88. The maximum absolute atomic E-state index is 12.9. The molecule has 0 fully saturated rings. The van der Waals surface area contributed by atoms with E-state index in [4.69, 9.17) is 30.9 Å². The van der Waals surface area contributed by atoms with E-state index in [1.165, 1.54) is 7.11 Å². The molecule has 0 unspecified atom stereocenters. The van der Waals surface area contributed by atoms with Crippen LogP contribution in [-0.2, 0) is 0 Å². The molecule has 0 spiro atoms. The molecule has 0 saturated carbocycles. The van der Waals surface area contributed by atoms with Gasteiger partial charge in [-0.25, -0.2) is 9.80 Å². The van der Waals surface area contributed by atoms with E-state index in [1.807, 2.05) is 72.6 Å². The highest BCUT2D eigenvalue weighted by molar-refractivity contribution is 9.10. The lowest BCUT2D eigenvalue weighted by Crippen LogP contribution is -2.33. The lowest BCUT2D eigenvalue weighted by atomic mass is 9.96. The molecule has 8 heteroatoms. The van der Waals surface area contributed by atoms with E-state index < -0.39 is 12.2 Å². The lowest BCUT2D eigenvalue weighted by molar-refractivity contribution is -0.0192. The maximum Gasteiger partial charge on any atom is 0.343 e. The molecule has 0 amide bonds. The molecule has 4 aromatic carbocycles. The third kappa shape index (κ3) is 4.88. The quantitative estimate of drug-likeness (QED) is 0.172. The fourth-order valence-corrected chi connectivity index (χ4v) is 5.63. The molecule has 196 valence electrons. The second kappa shape index (κ2) is 10.4. The fraction of sp³-hybridized carbons (Fsp3) is 0.161. The van der Waals surface area contributed by atoms with Crippen LogP contribution in [0.4, 0.5) is 0 Å². The molecule has 39 heavy (non-hydrogen) atoms. The predicted molar refractivity (Wildman–Crippen MR) is 154 cm³/mol. The van der Waals surface area contributed by atoms with Crippen molar-refractivity contribution in [2.24, 2.45) is 5.10 Å². The van der Waals surface area contributed by atoms with Crippen LogP contribution in [0, 0.1) is 6.92 Å². The number of rotatable bonds is 5. The van der Waals surface area contributed by atoms with Crippen LogP contribution in [-0.4, -0.2) is 23.8 Å².